The molecule has 1 aliphatic carbocycles. The van der Waals surface area contributed by atoms with Gasteiger partial charge in [-0.1, -0.05) is 38.1 Å². The van der Waals surface area contributed by atoms with Gasteiger partial charge in [-0.25, -0.2) is 9.97 Å². The molecule has 0 N–H and O–H groups in total. The molecule has 0 aliphatic heterocycles. The first kappa shape index (κ1) is 14.9. The van der Waals surface area contributed by atoms with Gasteiger partial charge in [0.15, 0.2) is 0 Å². The number of hydrogen-bond acceptors (Lipinski definition) is 4. The van der Waals surface area contributed by atoms with Crippen molar-refractivity contribution in [3.63, 3.8) is 0 Å². The normalized spacial score (nSPS) is 13.3. The number of benzene rings is 1. The Morgan fingerprint density at radius 3 is 1.91 bits per heavy atom. The minimum absolute atomic E-state index is 0.117. The highest BCUT2D eigenvalue weighted by Crippen LogP contribution is 2.26. The quantitative estimate of drug-likeness (QED) is 0.697. The second kappa shape index (κ2) is 5.61. The molecule has 0 amide bonds. The Kier molecular flexibility index (Phi) is 3.79. The molecule has 5 heteroatoms. The molecule has 0 spiro atoms. The maximum absolute atomic E-state index is 12.6. The van der Waals surface area contributed by atoms with Crippen LogP contribution >= 0.6 is 11.6 Å². The summed E-state index contributed by atoms with van der Waals surface area (Å²) in [6.45, 7) is 4.11. The smallest absolute Gasteiger partial charge is 0.214 e. The number of fused-ring (bicyclic) bond motifs is 2. The lowest BCUT2D eigenvalue weighted by molar-refractivity contribution is 0.0971. The SMILES string of the molecule is CC(C)Cc1nc2c(nc1CCl)C(=O)c1ccccc1C2=O. The third-order valence-corrected chi connectivity index (χ3v) is 3.88. The highest BCUT2D eigenvalue weighted by Gasteiger charge is 2.33. The average Bonchev–Trinajstić information content (AvgIpc) is 2.51. The molecule has 0 fully saturated rings. The van der Waals surface area contributed by atoms with Crippen LogP contribution in [0.25, 0.3) is 0 Å². The molecule has 1 aliphatic rings. The molecule has 0 bridgehead atoms. The molecular weight excluding hydrogens is 300 g/mol. The van der Waals surface area contributed by atoms with Crippen molar-refractivity contribution in [3.8, 4) is 0 Å². The number of nitrogens with zero attached hydrogens (tertiary/aromatic N) is 2. The monoisotopic (exact) mass is 314 g/mol. The largest absolute Gasteiger partial charge is 0.287 e. The van der Waals surface area contributed by atoms with Gasteiger partial charge in [0.05, 0.1) is 17.3 Å². The second-order valence-corrected chi connectivity index (χ2v) is 6.02. The van der Waals surface area contributed by atoms with E-state index in [0.29, 0.717) is 34.9 Å². The van der Waals surface area contributed by atoms with Crippen LogP contribution < -0.4 is 0 Å². The Labute approximate surface area is 133 Å². The van der Waals surface area contributed by atoms with Crippen LogP contribution in [-0.2, 0) is 12.3 Å². The topological polar surface area (TPSA) is 59.9 Å². The van der Waals surface area contributed by atoms with E-state index in [2.05, 4.69) is 23.8 Å². The Balaban J connectivity index is 2.20. The van der Waals surface area contributed by atoms with Crippen LogP contribution in [0.3, 0.4) is 0 Å². The molecule has 3 rings (SSSR count). The maximum Gasteiger partial charge on any atom is 0.214 e. The van der Waals surface area contributed by atoms with Gasteiger partial charge in [-0.05, 0) is 12.3 Å². The van der Waals surface area contributed by atoms with Crippen molar-refractivity contribution in [2.45, 2.75) is 26.1 Å². The predicted molar refractivity (Wildman–Crippen MR) is 83.4 cm³/mol. The molecule has 0 saturated heterocycles. The van der Waals surface area contributed by atoms with Gasteiger partial charge in [0, 0.05) is 11.1 Å². The first-order chi connectivity index (χ1) is 10.5. The van der Waals surface area contributed by atoms with Crippen LogP contribution in [0.4, 0.5) is 0 Å². The van der Waals surface area contributed by atoms with Crippen LogP contribution in [-0.4, -0.2) is 21.5 Å². The first-order valence-electron chi connectivity index (χ1n) is 7.17. The van der Waals surface area contributed by atoms with Crippen molar-refractivity contribution in [3.05, 3.63) is 58.2 Å². The summed E-state index contributed by atoms with van der Waals surface area (Å²) in [5, 5.41) is 0. The van der Waals surface area contributed by atoms with Crippen LogP contribution in [0.5, 0.6) is 0 Å². The van der Waals surface area contributed by atoms with E-state index < -0.39 is 0 Å². The lowest BCUT2D eigenvalue weighted by Crippen LogP contribution is -2.25. The van der Waals surface area contributed by atoms with E-state index in [9.17, 15) is 9.59 Å². The third kappa shape index (κ3) is 2.33. The van der Waals surface area contributed by atoms with Gasteiger partial charge in [0.2, 0.25) is 11.6 Å². The summed E-state index contributed by atoms with van der Waals surface area (Å²) >= 11 is 5.94. The summed E-state index contributed by atoms with van der Waals surface area (Å²) in [5.41, 5.74) is 2.31. The van der Waals surface area contributed by atoms with E-state index in [0.717, 1.165) is 0 Å². The Morgan fingerprint density at radius 1 is 0.955 bits per heavy atom. The van der Waals surface area contributed by atoms with Crippen molar-refractivity contribution >= 4 is 23.2 Å². The molecule has 0 atom stereocenters. The number of ketones is 2. The number of carbonyl (C=O) groups is 2. The van der Waals surface area contributed by atoms with Gasteiger partial charge in [0.1, 0.15) is 11.4 Å². The van der Waals surface area contributed by atoms with Crippen molar-refractivity contribution < 1.29 is 9.59 Å². The Hall–Kier alpha value is -2.07. The summed E-state index contributed by atoms with van der Waals surface area (Å²) in [6.07, 6.45) is 0.672. The van der Waals surface area contributed by atoms with Crippen LogP contribution in [0, 0.1) is 5.92 Å². The van der Waals surface area contributed by atoms with Crippen LogP contribution in [0.2, 0.25) is 0 Å². The average molecular weight is 315 g/mol. The molecule has 1 aromatic carbocycles. The maximum atomic E-state index is 12.6. The molecule has 2 aromatic rings. The fourth-order valence-corrected chi connectivity index (χ4v) is 2.83. The Bertz CT molecular complexity index is 784. The van der Waals surface area contributed by atoms with E-state index in [1.54, 1.807) is 24.3 Å². The molecular formula is C17H15ClN2O2. The van der Waals surface area contributed by atoms with E-state index in [1.165, 1.54) is 0 Å². The molecule has 0 unspecified atom stereocenters. The number of carbonyl (C=O) groups excluding carboxylic acids is 2. The summed E-state index contributed by atoms with van der Waals surface area (Å²) in [7, 11) is 0. The van der Waals surface area contributed by atoms with Gasteiger partial charge >= 0.3 is 0 Å². The number of rotatable bonds is 3. The number of aromatic nitrogens is 2. The highest BCUT2D eigenvalue weighted by molar-refractivity contribution is 6.27. The van der Waals surface area contributed by atoms with Crippen molar-refractivity contribution in [2.24, 2.45) is 5.92 Å². The first-order valence-corrected chi connectivity index (χ1v) is 7.70. The molecule has 4 nitrogen and oxygen atoms in total. The standard InChI is InChI=1S/C17H15ClN2O2/c1-9(2)7-12-13(8-18)20-15-14(19-12)16(21)10-5-3-4-6-11(10)17(15)22/h3-6,9H,7-8H2,1-2H3. The fraction of sp³-hybridized carbons (Fsp3) is 0.294. The van der Waals surface area contributed by atoms with Crippen molar-refractivity contribution in [2.75, 3.05) is 0 Å². The zero-order chi connectivity index (χ0) is 15.9. The zero-order valence-electron chi connectivity index (χ0n) is 12.4. The van der Waals surface area contributed by atoms with E-state index in [1.807, 2.05) is 0 Å². The summed E-state index contributed by atoms with van der Waals surface area (Å²) < 4.78 is 0. The van der Waals surface area contributed by atoms with Crippen molar-refractivity contribution in [1.82, 2.24) is 9.97 Å². The minimum atomic E-state index is -0.264. The van der Waals surface area contributed by atoms with Gasteiger partial charge in [-0.15, -0.1) is 11.6 Å². The van der Waals surface area contributed by atoms with Gasteiger partial charge in [-0.3, -0.25) is 9.59 Å². The molecule has 22 heavy (non-hydrogen) atoms. The molecule has 1 heterocycles. The molecule has 112 valence electrons. The van der Waals surface area contributed by atoms with Crippen molar-refractivity contribution in [1.29, 1.82) is 0 Å². The second-order valence-electron chi connectivity index (χ2n) is 5.75. The van der Waals surface area contributed by atoms with E-state index in [-0.39, 0.29) is 28.8 Å². The third-order valence-electron chi connectivity index (χ3n) is 3.63. The van der Waals surface area contributed by atoms with Crippen LogP contribution in [0.15, 0.2) is 24.3 Å². The van der Waals surface area contributed by atoms with Gasteiger partial charge < -0.3 is 0 Å². The molecule has 0 saturated carbocycles. The molecule has 0 radical (unpaired) electrons. The lowest BCUT2D eigenvalue weighted by Gasteiger charge is -2.18. The lowest BCUT2D eigenvalue weighted by atomic mass is 9.89. The minimum Gasteiger partial charge on any atom is -0.287 e. The zero-order valence-corrected chi connectivity index (χ0v) is 13.1. The van der Waals surface area contributed by atoms with E-state index in [4.69, 9.17) is 11.6 Å². The Morgan fingerprint density at radius 2 is 1.45 bits per heavy atom. The summed E-state index contributed by atoms with van der Waals surface area (Å²) in [4.78, 5) is 33.9. The number of halogens is 1. The van der Waals surface area contributed by atoms with Gasteiger partial charge in [0.25, 0.3) is 0 Å². The van der Waals surface area contributed by atoms with E-state index >= 15 is 0 Å². The van der Waals surface area contributed by atoms with Gasteiger partial charge in [-0.2, -0.15) is 0 Å². The molecule has 1 aromatic heterocycles. The summed E-state index contributed by atoms with van der Waals surface area (Å²) in [6, 6.07) is 6.77. The number of alkyl halides is 1. The summed E-state index contributed by atoms with van der Waals surface area (Å²) in [5.74, 6) is 0.0193. The predicted octanol–water partition coefficient (Wildman–Crippen LogP) is 3.19. The number of hydrogen-bond donors (Lipinski definition) is 0. The van der Waals surface area contributed by atoms with Crippen LogP contribution in [0.1, 0.15) is 57.3 Å². The highest BCUT2D eigenvalue weighted by atomic mass is 35.5. The fourth-order valence-electron chi connectivity index (χ4n) is 2.61.